The van der Waals surface area contributed by atoms with Crippen LogP contribution in [-0.2, 0) is 11.2 Å². The summed E-state index contributed by atoms with van der Waals surface area (Å²) in [5.74, 6) is 0.888. The van der Waals surface area contributed by atoms with E-state index in [0.717, 1.165) is 54.7 Å². The molecular formula is C13H18N2O2S. The second-order valence-corrected chi connectivity index (χ2v) is 6.08. The first-order valence-corrected chi connectivity index (χ1v) is 7.36. The average Bonchev–Trinajstić information content (AvgIpc) is 2.96. The fourth-order valence-electron chi connectivity index (χ4n) is 2.77. The first-order chi connectivity index (χ1) is 8.78. The second kappa shape index (κ2) is 4.97. The van der Waals surface area contributed by atoms with Crippen molar-refractivity contribution >= 4 is 22.3 Å². The molecule has 0 spiro atoms. The van der Waals surface area contributed by atoms with Crippen LogP contribution >= 0.6 is 11.3 Å². The Labute approximate surface area is 111 Å². The van der Waals surface area contributed by atoms with Gasteiger partial charge in [-0.3, -0.25) is 4.79 Å². The largest absolute Gasteiger partial charge is 0.384 e. The Morgan fingerprint density at radius 3 is 3.17 bits per heavy atom. The molecule has 0 amide bonds. The third kappa shape index (κ3) is 2.17. The van der Waals surface area contributed by atoms with Crippen LogP contribution in [0.15, 0.2) is 0 Å². The van der Waals surface area contributed by atoms with Crippen LogP contribution in [0, 0.1) is 5.92 Å². The van der Waals surface area contributed by atoms with Gasteiger partial charge in [0.05, 0.1) is 17.2 Å². The molecule has 2 heterocycles. The number of rotatable bonds is 3. The van der Waals surface area contributed by atoms with E-state index in [1.165, 1.54) is 0 Å². The van der Waals surface area contributed by atoms with Gasteiger partial charge in [-0.05, 0) is 19.3 Å². The monoisotopic (exact) mass is 266 g/mol. The second-order valence-electron chi connectivity index (χ2n) is 5.11. The Morgan fingerprint density at radius 2 is 2.39 bits per heavy atom. The molecule has 0 bridgehead atoms. The summed E-state index contributed by atoms with van der Waals surface area (Å²) in [5.41, 5.74) is 1.03. The highest BCUT2D eigenvalue weighted by molar-refractivity contribution is 7.17. The van der Waals surface area contributed by atoms with Crippen LogP contribution in [0.4, 0.5) is 5.13 Å². The molecule has 2 aliphatic rings. The molecule has 1 aliphatic carbocycles. The molecule has 1 aromatic heterocycles. The molecule has 1 aromatic rings. The number of Topliss-reactive ketones (excluding diaryl/α,β-unsaturated/α-hetero) is 1. The van der Waals surface area contributed by atoms with E-state index in [1.54, 1.807) is 18.4 Å². The zero-order valence-corrected chi connectivity index (χ0v) is 11.5. The first kappa shape index (κ1) is 12.1. The van der Waals surface area contributed by atoms with Gasteiger partial charge in [-0.25, -0.2) is 4.98 Å². The third-order valence-corrected chi connectivity index (χ3v) is 4.91. The molecule has 18 heavy (non-hydrogen) atoms. The number of aromatic nitrogens is 1. The maximum absolute atomic E-state index is 11.8. The van der Waals surface area contributed by atoms with Gasteiger partial charge in [-0.2, -0.15) is 0 Å². The summed E-state index contributed by atoms with van der Waals surface area (Å²) in [6.07, 6.45) is 3.78. The Kier molecular flexibility index (Phi) is 3.35. The van der Waals surface area contributed by atoms with Crippen molar-refractivity contribution in [1.82, 2.24) is 4.98 Å². The van der Waals surface area contributed by atoms with Crippen molar-refractivity contribution in [2.45, 2.75) is 25.7 Å². The summed E-state index contributed by atoms with van der Waals surface area (Å²) in [6.45, 7) is 2.86. The highest BCUT2D eigenvalue weighted by Gasteiger charge is 2.28. The Morgan fingerprint density at radius 1 is 1.50 bits per heavy atom. The average molecular weight is 266 g/mol. The van der Waals surface area contributed by atoms with Gasteiger partial charge in [0.2, 0.25) is 0 Å². The van der Waals surface area contributed by atoms with Gasteiger partial charge in [0.15, 0.2) is 10.9 Å². The molecule has 0 radical (unpaired) electrons. The topological polar surface area (TPSA) is 42.4 Å². The molecule has 98 valence electrons. The van der Waals surface area contributed by atoms with E-state index in [2.05, 4.69) is 9.88 Å². The number of anilines is 1. The van der Waals surface area contributed by atoms with E-state index in [4.69, 9.17) is 4.74 Å². The first-order valence-electron chi connectivity index (χ1n) is 6.54. The highest BCUT2D eigenvalue weighted by Crippen LogP contribution is 2.34. The number of carbonyl (C=O) groups is 1. The molecule has 5 heteroatoms. The smallest absolute Gasteiger partial charge is 0.186 e. The standard InChI is InChI=1S/C13H18N2O2S/c1-17-8-9-5-6-15(7-9)13-14-10-3-2-4-11(16)12(10)18-13/h9H,2-8H2,1H3. The lowest BCUT2D eigenvalue weighted by molar-refractivity contribution is 0.0976. The molecule has 1 fully saturated rings. The number of hydrogen-bond donors (Lipinski definition) is 0. The quantitative estimate of drug-likeness (QED) is 0.840. The molecule has 3 rings (SSSR count). The van der Waals surface area contributed by atoms with E-state index in [-0.39, 0.29) is 5.78 Å². The van der Waals surface area contributed by atoms with E-state index in [9.17, 15) is 4.79 Å². The maximum atomic E-state index is 11.8. The normalized spacial score (nSPS) is 23.5. The number of fused-ring (bicyclic) bond motifs is 1. The predicted octanol–water partition coefficient (Wildman–Crippen LogP) is 2.13. The van der Waals surface area contributed by atoms with Crippen molar-refractivity contribution in [3.05, 3.63) is 10.6 Å². The van der Waals surface area contributed by atoms with Gasteiger partial charge in [0.1, 0.15) is 0 Å². The summed E-state index contributed by atoms with van der Waals surface area (Å²) in [5, 5.41) is 1.04. The minimum atomic E-state index is 0.285. The lowest BCUT2D eigenvalue weighted by Gasteiger charge is -2.14. The number of aryl methyl sites for hydroxylation is 1. The Balaban J connectivity index is 1.76. The van der Waals surface area contributed by atoms with Crippen LogP contribution in [0.25, 0.3) is 0 Å². The van der Waals surface area contributed by atoms with Crippen LogP contribution in [-0.4, -0.2) is 37.6 Å². The molecule has 0 saturated carbocycles. The van der Waals surface area contributed by atoms with E-state index < -0.39 is 0 Å². The van der Waals surface area contributed by atoms with Crippen molar-refractivity contribution in [2.24, 2.45) is 5.92 Å². The lowest BCUT2D eigenvalue weighted by atomic mass is 10.0. The van der Waals surface area contributed by atoms with Gasteiger partial charge in [-0.15, -0.1) is 0 Å². The number of ether oxygens (including phenoxy) is 1. The van der Waals surface area contributed by atoms with Crippen molar-refractivity contribution in [1.29, 1.82) is 0 Å². The number of thiazole rings is 1. The van der Waals surface area contributed by atoms with Gasteiger partial charge in [0.25, 0.3) is 0 Å². The lowest BCUT2D eigenvalue weighted by Crippen LogP contribution is -2.20. The van der Waals surface area contributed by atoms with Crippen LogP contribution < -0.4 is 4.90 Å². The molecule has 1 aliphatic heterocycles. The minimum absolute atomic E-state index is 0.285. The maximum Gasteiger partial charge on any atom is 0.186 e. The van der Waals surface area contributed by atoms with Gasteiger partial charge in [0, 0.05) is 32.5 Å². The summed E-state index contributed by atoms with van der Waals surface area (Å²) in [6, 6.07) is 0. The van der Waals surface area contributed by atoms with Crippen LogP contribution in [0.3, 0.4) is 0 Å². The van der Waals surface area contributed by atoms with Gasteiger partial charge < -0.3 is 9.64 Å². The van der Waals surface area contributed by atoms with Crippen molar-refractivity contribution < 1.29 is 9.53 Å². The fourth-order valence-corrected chi connectivity index (χ4v) is 3.88. The number of nitrogens with zero attached hydrogens (tertiary/aromatic N) is 2. The fraction of sp³-hybridized carbons (Fsp3) is 0.692. The van der Waals surface area contributed by atoms with Crippen molar-refractivity contribution in [3.63, 3.8) is 0 Å². The Bertz CT molecular complexity index is 458. The summed E-state index contributed by atoms with van der Waals surface area (Å²) in [4.78, 5) is 19.7. The molecular weight excluding hydrogens is 248 g/mol. The molecule has 1 unspecified atom stereocenters. The van der Waals surface area contributed by atoms with Crippen LogP contribution in [0.1, 0.15) is 34.6 Å². The zero-order chi connectivity index (χ0) is 12.5. The molecule has 1 atom stereocenters. The van der Waals surface area contributed by atoms with E-state index in [0.29, 0.717) is 12.3 Å². The molecule has 4 nitrogen and oxygen atoms in total. The van der Waals surface area contributed by atoms with Crippen LogP contribution in [0.2, 0.25) is 0 Å². The summed E-state index contributed by atoms with van der Waals surface area (Å²) < 4.78 is 5.21. The third-order valence-electron chi connectivity index (χ3n) is 3.72. The summed E-state index contributed by atoms with van der Waals surface area (Å²) in [7, 11) is 1.75. The van der Waals surface area contributed by atoms with E-state index in [1.807, 2.05) is 0 Å². The van der Waals surface area contributed by atoms with Gasteiger partial charge >= 0.3 is 0 Å². The number of ketones is 1. The van der Waals surface area contributed by atoms with Crippen molar-refractivity contribution in [3.8, 4) is 0 Å². The highest BCUT2D eigenvalue weighted by atomic mass is 32.1. The Hall–Kier alpha value is -0.940. The predicted molar refractivity (Wildman–Crippen MR) is 71.6 cm³/mol. The SMILES string of the molecule is COCC1CCN(c2nc3c(s2)C(=O)CCC3)C1. The van der Waals surface area contributed by atoms with Crippen LogP contribution in [0.5, 0.6) is 0 Å². The summed E-state index contributed by atoms with van der Waals surface area (Å²) >= 11 is 1.59. The zero-order valence-electron chi connectivity index (χ0n) is 10.6. The van der Waals surface area contributed by atoms with Crippen molar-refractivity contribution in [2.75, 3.05) is 31.7 Å². The number of hydrogen-bond acceptors (Lipinski definition) is 5. The number of methoxy groups -OCH3 is 1. The molecule has 1 saturated heterocycles. The molecule has 0 N–H and O–H groups in total. The minimum Gasteiger partial charge on any atom is -0.384 e. The molecule has 0 aromatic carbocycles. The number of carbonyl (C=O) groups excluding carboxylic acids is 1. The van der Waals surface area contributed by atoms with Gasteiger partial charge in [-0.1, -0.05) is 11.3 Å². The van der Waals surface area contributed by atoms with E-state index >= 15 is 0 Å².